The molecule has 0 atom stereocenters. The number of hydrogen-bond acceptors (Lipinski definition) is 3. The van der Waals surface area contributed by atoms with Crippen molar-refractivity contribution in [3.8, 4) is 6.07 Å². The predicted octanol–water partition coefficient (Wildman–Crippen LogP) is 3.19. The van der Waals surface area contributed by atoms with E-state index < -0.39 is 17.6 Å². The van der Waals surface area contributed by atoms with E-state index >= 15 is 0 Å². The van der Waals surface area contributed by atoms with Gasteiger partial charge in [0.15, 0.2) is 0 Å². The van der Waals surface area contributed by atoms with Crippen LogP contribution in [0.1, 0.15) is 21.5 Å². The van der Waals surface area contributed by atoms with Crippen LogP contribution in [0, 0.1) is 23.0 Å². The van der Waals surface area contributed by atoms with Crippen molar-refractivity contribution in [2.24, 2.45) is 0 Å². The van der Waals surface area contributed by atoms with Gasteiger partial charge in [0.25, 0.3) is 0 Å². The van der Waals surface area contributed by atoms with Gasteiger partial charge in [-0.25, -0.2) is 13.6 Å². The molecule has 2 aromatic rings. The van der Waals surface area contributed by atoms with Gasteiger partial charge in [-0.1, -0.05) is 12.1 Å². The Balaban J connectivity index is 2.03. The second-order valence-corrected chi connectivity index (χ2v) is 4.01. The molecular weight excluding hydrogens is 264 g/mol. The maximum atomic E-state index is 13.3. The number of nitrogens with zero attached hydrogens (tertiary/aromatic N) is 1. The highest BCUT2D eigenvalue weighted by molar-refractivity contribution is 5.89. The van der Waals surface area contributed by atoms with Crippen molar-refractivity contribution in [2.45, 2.75) is 6.61 Å². The monoisotopic (exact) mass is 273 g/mol. The first-order valence-electron chi connectivity index (χ1n) is 5.71. The van der Waals surface area contributed by atoms with Gasteiger partial charge in [0.1, 0.15) is 18.2 Å². The number of halogens is 2. The van der Waals surface area contributed by atoms with E-state index in [0.29, 0.717) is 17.2 Å². The fourth-order valence-corrected chi connectivity index (χ4v) is 1.56. The SMILES string of the molecule is N#Cc1ccc(COC(=O)c2ccc(F)cc2F)cc1. The van der Waals surface area contributed by atoms with Crippen molar-refractivity contribution < 1.29 is 18.3 Å². The summed E-state index contributed by atoms with van der Waals surface area (Å²) >= 11 is 0. The van der Waals surface area contributed by atoms with E-state index in [4.69, 9.17) is 10.00 Å². The Kier molecular flexibility index (Phi) is 4.06. The molecule has 0 spiro atoms. The number of ether oxygens (including phenoxy) is 1. The third-order valence-electron chi connectivity index (χ3n) is 2.60. The lowest BCUT2D eigenvalue weighted by molar-refractivity contribution is 0.0467. The summed E-state index contributed by atoms with van der Waals surface area (Å²) in [6, 6.07) is 11.0. The van der Waals surface area contributed by atoms with Crippen LogP contribution in [0.5, 0.6) is 0 Å². The van der Waals surface area contributed by atoms with Gasteiger partial charge in [-0.3, -0.25) is 0 Å². The Hall–Kier alpha value is -2.74. The molecule has 0 aliphatic rings. The minimum absolute atomic E-state index is 0.0542. The number of benzene rings is 2. The van der Waals surface area contributed by atoms with Crippen molar-refractivity contribution in [1.29, 1.82) is 5.26 Å². The summed E-state index contributed by atoms with van der Waals surface area (Å²) in [4.78, 5) is 11.6. The molecule has 5 heteroatoms. The van der Waals surface area contributed by atoms with E-state index in [1.807, 2.05) is 6.07 Å². The average Bonchev–Trinajstić information content (AvgIpc) is 2.45. The van der Waals surface area contributed by atoms with E-state index in [1.165, 1.54) is 0 Å². The molecule has 0 bridgehead atoms. The fraction of sp³-hybridized carbons (Fsp3) is 0.0667. The Morgan fingerprint density at radius 3 is 2.45 bits per heavy atom. The molecule has 100 valence electrons. The maximum Gasteiger partial charge on any atom is 0.341 e. The Morgan fingerprint density at radius 1 is 1.15 bits per heavy atom. The number of carbonyl (C=O) groups excluding carboxylic acids is 1. The molecule has 0 radical (unpaired) electrons. The van der Waals surface area contributed by atoms with Crippen LogP contribution in [0.15, 0.2) is 42.5 Å². The van der Waals surface area contributed by atoms with Crippen LogP contribution in [-0.4, -0.2) is 5.97 Å². The zero-order valence-corrected chi connectivity index (χ0v) is 10.3. The highest BCUT2D eigenvalue weighted by atomic mass is 19.1. The third-order valence-corrected chi connectivity index (χ3v) is 2.60. The molecule has 2 aromatic carbocycles. The largest absolute Gasteiger partial charge is 0.457 e. The Morgan fingerprint density at radius 2 is 1.85 bits per heavy atom. The van der Waals surface area contributed by atoms with Crippen LogP contribution in [-0.2, 0) is 11.3 Å². The molecule has 0 N–H and O–H groups in total. The van der Waals surface area contributed by atoms with Gasteiger partial charge in [0, 0.05) is 6.07 Å². The fourth-order valence-electron chi connectivity index (χ4n) is 1.56. The summed E-state index contributed by atoms with van der Waals surface area (Å²) in [5, 5.41) is 8.64. The lowest BCUT2D eigenvalue weighted by Gasteiger charge is -2.06. The van der Waals surface area contributed by atoms with Crippen LogP contribution in [0.4, 0.5) is 8.78 Å². The van der Waals surface area contributed by atoms with Gasteiger partial charge < -0.3 is 4.74 Å². The van der Waals surface area contributed by atoms with Crippen LogP contribution >= 0.6 is 0 Å². The lowest BCUT2D eigenvalue weighted by atomic mass is 10.1. The summed E-state index contributed by atoms with van der Waals surface area (Å²) in [6.45, 7) is -0.0542. The van der Waals surface area contributed by atoms with Crippen LogP contribution < -0.4 is 0 Å². The van der Waals surface area contributed by atoms with E-state index in [1.54, 1.807) is 24.3 Å². The van der Waals surface area contributed by atoms with Gasteiger partial charge in [0.05, 0.1) is 17.2 Å². The first kappa shape index (κ1) is 13.7. The second-order valence-electron chi connectivity index (χ2n) is 4.01. The maximum absolute atomic E-state index is 13.3. The van der Waals surface area contributed by atoms with Gasteiger partial charge in [-0.15, -0.1) is 0 Å². The summed E-state index contributed by atoms with van der Waals surface area (Å²) in [7, 11) is 0. The average molecular weight is 273 g/mol. The van der Waals surface area contributed by atoms with Crippen LogP contribution in [0.3, 0.4) is 0 Å². The molecule has 0 saturated carbocycles. The first-order chi connectivity index (χ1) is 9.60. The van der Waals surface area contributed by atoms with Crippen molar-refractivity contribution in [3.63, 3.8) is 0 Å². The number of rotatable bonds is 3. The van der Waals surface area contributed by atoms with Crippen molar-refractivity contribution >= 4 is 5.97 Å². The topological polar surface area (TPSA) is 50.1 Å². The van der Waals surface area contributed by atoms with E-state index in [9.17, 15) is 13.6 Å². The van der Waals surface area contributed by atoms with Gasteiger partial charge in [0.2, 0.25) is 0 Å². The summed E-state index contributed by atoms with van der Waals surface area (Å²) in [6.07, 6.45) is 0. The number of nitriles is 1. The molecule has 0 aromatic heterocycles. The molecule has 0 unspecified atom stereocenters. The summed E-state index contributed by atoms with van der Waals surface area (Å²) in [5.41, 5.74) is 0.838. The van der Waals surface area contributed by atoms with Gasteiger partial charge >= 0.3 is 5.97 Å². The number of esters is 1. The highest BCUT2D eigenvalue weighted by Crippen LogP contribution is 2.12. The van der Waals surface area contributed by atoms with Crippen molar-refractivity contribution in [1.82, 2.24) is 0 Å². The Labute approximate surface area is 114 Å². The second kappa shape index (κ2) is 5.93. The summed E-state index contributed by atoms with van der Waals surface area (Å²) in [5.74, 6) is -2.59. The highest BCUT2D eigenvalue weighted by Gasteiger charge is 2.13. The molecular formula is C15H9F2NO2. The minimum Gasteiger partial charge on any atom is -0.457 e. The summed E-state index contributed by atoms with van der Waals surface area (Å²) < 4.78 is 31.0. The zero-order valence-electron chi connectivity index (χ0n) is 10.3. The zero-order chi connectivity index (χ0) is 14.5. The molecule has 20 heavy (non-hydrogen) atoms. The molecule has 0 saturated heterocycles. The number of carbonyl (C=O) groups is 1. The first-order valence-corrected chi connectivity index (χ1v) is 5.71. The van der Waals surface area contributed by atoms with E-state index in [-0.39, 0.29) is 12.2 Å². The quantitative estimate of drug-likeness (QED) is 0.807. The lowest BCUT2D eigenvalue weighted by Crippen LogP contribution is -2.07. The molecule has 3 nitrogen and oxygen atoms in total. The molecule has 2 rings (SSSR count). The molecule has 0 amide bonds. The van der Waals surface area contributed by atoms with E-state index in [0.717, 1.165) is 12.1 Å². The predicted molar refractivity (Wildman–Crippen MR) is 66.6 cm³/mol. The molecule has 0 heterocycles. The van der Waals surface area contributed by atoms with Gasteiger partial charge in [-0.05, 0) is 29.8 Å². The minimum atomic E-state index is -0.963. The van der Waals surface area contributed by atoms with Crippen LogP contribution in [0.2, 0.25) is 0 Å². The normalized spacial score (nSPS) is 9.85. The van der Waals surface area contributed by atoms with E-state index in [2.05, 4.69) is 0 Å². The smallest absolute Gasteiger partial charge is 0.341 e. The standard InChI is InChI=1S/C15H9F2NO2/c16-12-5-6-13(14(17)7-12)15(19)20-9-11-3-1-10(8-18)2-4-11/h1-7H,9H2. The molecule has 0 fully saturated rings. The third kappa shape index (κ3) is 3.18. The Bertz CT molecular complexity index is 675. The molecule has 0 aliphatic heterocycles. The van der Waals surface area contributed by atoms with Crippen LogP contribution in [0.25, 0.3) is 0 Å². The van der Waals surface area contributed by atoms with Gasteiger partial charge in [-0.2, -0.15) is 5.26 Å². The van der Waals surface area contributed by atoms with Crippen molar-refractivity contribution in [3.05, 3.63) is 70.8 Å². The molecule has 0 aliphatic carbocycles. The number of hydrogen-bond donors (Lipinski definition) is 0. The van der Waals surface area contributed by atoms with Crippen molar-refractivity contribution in [2.75, 3.05) is 0 Å².